The molecule has 0 spiro atoms. The highest BCUT2D eigenvalue weighted by molar-refractivity contribution is 7.89. The smallest absolute Gasteiger partial charge is 0.242 e. The number of hydrogen-bond donors (Lipinski definition) is 4. The van der Waals surface area contributed by atoms with E-state index in [1.54, 1.807) is 18.2 Å². The fourth-order valence-corrected chi connectivity index (χ4v) is 6.24. The number of nitrogens with zero attached hydrogens (tertiary/aromatic N) is 2. The van der Waals surface area contributed by atoms with Gasteiger partial charge in [0.2, 0.25) is 16.0 Å². The van der Waals surface area contributed by atoms with Crippen LogP contribution in [0.25, 0.3) is 10.9 Å². The Labute approximate surface area is 218 Å². The number of hydrogen-bond acceptors (Lipinski definition) is 7. The summed E-state index contributed by atoms with van der Waals surface area (Å²) < 4.78 is 28.0. The van der Waals surface area contributed by atoms with Gasteiger partial charge in [0.05, 0.1) is 10.5 Å². The van der Waals surface area contributed by atoms with E-state index in [2.05, 4.69) is 15.4 Å². The normalized spacial score (nSPS) is 18.3. The molecule has 2 aromatic carbocycles. The summed E-state index contributed by atoms with van der Waals surface area (Å²) in [6.45, 7) is 2.74. The molecule has 0 radical (unpaired) electrons. The molecule has 5 N–H and O–H groups in total. The molecule has 0 saturated heterocycles. The minimum absolute atomic E-state index is 0.133. The first-order valence-electron chi connectivity index (χ1n) is 12.6. The summed E-state index contributed by atoms with van der Waals surface area (Å²) in [5.41, 5.74) is 6.52. The summed E-state index contributed by atoms with van der Waals surface area (Å²) in [5, 5.41) is 8.13. The Morgan fingerprint density at radius 1 is 0.889 bits per heavy atom. The van der Waals surface area contributed by atoms with Crippen LogP contribution in [-0.2, 0) is 10.0 Å². The number of benzene rings is 2. The average Bonchev–Trinajstić information content (AvgIpc) is 2.89. The third kappa shape index (κ3) is 7.06. The molecule has 8 nitrogen and oxygen atoms in total. The molecule has 1 aliphatic carbocycles. The van der Waals surface area contributed by atoms with Gasteiger partial charge in [-0.3, -0.25) is 0 Å². The van der Waals surface area contributed by atoms with Crippen LogP contribution in [0, 0.1) is 11.8 Å². The fraction of sp³-hybridized carbons (Fsp3) is 0.462. The van der Waals surface area contributed by atoms with Gasteiger partial charge in [-0.15, -0.1) is 0 Å². The Morgan fingerprint density at radius 2 is 1.58 bits per heavy atom. The minimum Gasteiger partial charge on any atom is -0.369 e. The molecule has 4 rings (SSSR count). The predicted octanol–water partition coefficient (Wildman–Crippen LogP) is 4.63. The van der Waals surface area contributed by atoms with Crippen molar-refractivity contribution in [2.45, 2.75) is 43.4 Å². The van der Waals surface area contributed by atoms with Gasteiger partial charge in [-0.2, -0.15) is 4.98 Å². The van der Waals surface area contributed by atoms with E-state index in [0.717, 1.165) is 68.3 Å². The van der Waals surface area contributed by atoms with Gasteiger partial charge < -0.3 is 16.4 Å². The number of sulfonamides is 1. The molecule has 1 aliphatic rings. The third-order valence-electron chi connectivity index (χ3n) is 6.73. The first-order chi connectivity index (χ1) is 17.5. The van der Waals surface area contributed by atoms with Crippen molar-refractivity contribution < 1.29 is 8.42 Å². The highest BCUT2D eigenvalue weighted by Crippen LogP contribution is 2.30. The van der Waals surface area contributed by atoms with Crippen LogP contribution in [-0.4, -0.2) is 44.6 Å². The predicted molar refractivity (Wildman–Crippen MR) is 147 cm³/mol. The lowest BCUT2D eigenvalue weighted by Crippen LogP contribution is -2.32. The first kappa shape index (κ1) is 26.6. The van der Waals surface area contributed by atoms with Crippen molar-refractivity contribution in [2.24, 2.45) is 17.6 Å². The van der Waals surface area contributed by atoms with Crippen molar-refractivity contribution in [3.63, 3.8) is 0 Å². The Hall–Kier alpha value is -2.46. The van der Waals surface area contributed by atoms with Crippen LogP contribution >= 0.6 is 11.6 Å². The van der Waals surface area contributed by atoms with Gasteiger partial charge in [-0.05, 0) is 81.2 Å². The second kappa shape index (κ2) is 12.7. The van der Waals surface area contributed by atoms with Crippen molar-refractivity contribution in [3.8, 4) is 0 Å². The number of rotatable bonds is 12. The number of nitrogens with one attached hydrogen (secondary N) is 3. The van der Waals surface area contributed by atoms with Gasteiger partial charge in [0.25, 0.3) is 0 Å². The lowest BCUT2D eigenvalue weighted by atomic mass is 9.82. The summed E-state index contributed by atoms with van der Waals surface area (Å²) in [6, 6.07) is 14.5. The largest absolute Gasteiger partial charge is 0.369 e. The number of unbranched alkanes of at least 4 members (excludes halogenated alkanes) is 1. The summed E-state index contributed by atoms with van der Waals surface area (Å²) in [4.78, 5) is 9.57. The van der Waals surface area contributed by atoms with Crippen molar-refractivity contribution in [1.82, 2.24) is 14.7 Å². The lowest BCUT2D eigenvalue weighted by molar-refractivity contribution is 0.284. The van der Waals surface area contributed by atoms with Gasteiger partial charge in [0.1, 0.15) is 10.7 Å². The zero-order chi connectivity index (χ0) is 25.4. The van der Waals surface area contributed by atoms with Crippen LogP contribution in [0.4, 0.5) is 11.8 Å². The van der Waals surface area contributed by atoms with Crippen LogP contribution in [0.5, 0.6) is 0 Å². The van der Waals surface area contributed by atoms with Crippen LogP contribution in [0.2, 0.25) is 5.02 Å². The number of para-hydroxylation sites is 1. The fourth-order valence-electron chi connectivity index (χ4n) is 4.61. The van der Waals surface area contributed by atoms with Crippen molar-refractivity contribution >= 4 is 44.3 Å². The molecule has 0 amide bonds. The van der Waals surface area contributed by atoms with Crippen molar-refractivity contribution in [1.29, 1.82) is 0 Å². The summed E-state index contributed by atoms with van der Waals surface area (Å²) in [5.74, 6) is 2.29. The lowest BCUT2D eigenvalue weighted by Gasteiger charge is -2.28. The van der Waals surface area contributed by atoms with Gasteiger partial charge in [-0.1, -0.05) is 35.9 Å². The van der Waals surface area contributed by atoms with E-state index in [9.17, 15) is 8.42 Å². The van der Waals surface area contributed by atoms with E-state index in [-0.39, 0.29) is 9.92 Å². The first-order valence-corrected chi connectivity index (χ1v) is 14.5. The van der Waals surface area contributed by atoms with E-state index in [0.29, 0.717) is 30.9 Å². The number of anilines is 2. The maximum atomic E-state index is 12.6. The second-order valence-electron chi connectivity index (χ2n) is 9.39. The second-order valence-corrected chi connectivity index (χ2v) is 11.5. The Morgan fingerprint density at radius 3 is 2.33 bits per heavy atom. The Bertz CT molecular complexity index is 1250. The molecule has 1 heterocycles. The molecule has 1 fully saturated rings. The molecular weight excluding hydrogens is 496 g/mol. The highest BCUT2D eigenvalue weighted by Gasteiger charge is 2.24. The molecule has 36 heavy (non-hydrogen) atoms. The zero-order valence-electron chi connectivity index (χ0n) is 20.4. The van der Waals surface area contributed by atoms with Crippen LogP contribution in [0.1, 0.15) is 38.5 Å². The third-order valence-corrected chi connectivity index (χ3v) is 8.65. The zero-order valence-corrected chi connectivity index (χ0v) is 22.0. The summed E-state index contributed by atoms with van der Waals surface area (Å²) in [7, 11) is -3.61. The molecule has 1 saturated carbocycles. The standard InChI is InChI=1S/C26H35ClN6O2S/c27-22-8-2-4-10-24(22)36(34,35)31-18-20-13-11-19(12-14-20)17-30-26-32-23-9-3-1-7-21(23)25(33-26)29-16-6-5-15-28/h1-4,7-10,19-20,31H,5-6,11-18,28H2,(H2,29,30,32,33). The van der Waals surface area contributed by atoms with Gasteiger partial charge in [-0.25, -0.2) is 18.1 Å². The molecule has 0 unspecified atom stereocenters. The molecule has 0 aliphatic heterocycles. The quantitative estimate of drug-likeness (QED) is 0.252. The number of nitrogens with two attached hydrogens (primary N) is 1. The molecular formula is C26H35ClN6O2S. The van der Waals surface area contributed by atoms with Gasteiger partial charge >= 0.3 is 0 Å². The van der Waals surface area contributed by atoms with Crippen molar-refractivity contribution in [3.05, 3.63) is 53.6 Å². The number of fused-ring (bicyclic) bond motifs is 1. The van der Waals surface area contributed by atoms with E-state index in [1.165, 1.54) is 6.07 Å². The van der Waals surface area contributed by atoms with Crippen LogP contribution in [0.3, 0.4) is 0 Å². The van der Waals surface area contributed by atoms with Crippen molar-refractivity contribution in [2.75, 3.05) is 36.8 Å². The maximum Gasteiger partial charge on any atom is 0.242 e. The average molecular weight is 531 g/mol. The molecule has 3 aromatic rings. The highest BCUT2D eigenvalue weighted by atomic mass is 35.5. The van der Waals surface area contributed by atoms with E-state index in [4.69, 9.17) is 27.3 Å². The molecule has 1 aromatic heterocycles. The molecule has 0 bridgehead atoms. The Balaban J connectivity index is 1.28. The topological polar surface area (TPSA) is 122 Å². The minimum atomic E-state index is -3.61. The Kier molecular flexibility index (Phi) is 9.36. The van der Waals surface area contributed by atoms with E-state index < -0.39 is 10.0 Å². The number of aromatic nitrogens is 2. The molecule has 10 heteroatoms. The van der Waals surface area contributed by atoms with E-state index in [1.807, 2.05) is 24.3 Å². The SMILES string of the molecule is NCCCCNc1nc(NCC2CCC(CNS(=O)(=O)c3ccccc3Cl)CC2)nc2ccccc12. The molecule has 0 atom stereocenters. The van der Waals surface area contributed by atoms with Crippen LogP contribution < -0.4 is 21.1 Å². The summed E-state index contributed by atoms with van der Waals surface area (Å²) in [6.07, 6.45) is 5.99. The monoisotopic (exact) mass is 530 g/mol. The maximum absolute atomic E-state index is 12.6. The molecule has 194 valence electrons. The van der Waals surface area contributed by atoms with Crippen LogP contribution in [0.15, 0.2) is 53.4 Å². The van der Waals surface area contributed by atoms with Gasteiger partial charge in [0, 0.05) is 25.0 Å². The summed E-state index contributed by atoms with van der Waals surface area (Å²) >= 11 is 6.07. The van der Waals surface area contributed by atoms with Gasteiger partial charge in [0.15, 0.2) is 0 Å². The van der Waals surface area contributed by atoms with E-state index >= 15 is 0 Å². The number of halogens is 1.